The summed E-state index contributed by atoms with van der Waals surface area (Å²) in [5.41, 5.74) is 0. The first-order valence-electron chi connectivity index (χ1n) is 28.7. The molecule has 6 nitrogen and oxygen atoms in total. The molecule has 0 aromatic heterocycles. The van der Waals surface area contributed by atoms with E-state index in [-0.39, 0.29) is 44.0 Å². The Morgan fingerprint density at radius 1 is 0.296 bits per heavy atom. The van der Waals surface area contributed by atoms with Crippen LogP contribution in [0, 0.1) is 0 Å². The molecule has 0 saturated heterocycles. The van der Waals surface area contributed by atoms with E-state index in [0.29, 0.717) is 12.8 Å². The summed E-state index contributed by atoms with van der Waals surface area (Å²) in [6, 6.07) is 0. The van der Waals surface area contributed by atoms with Gasteiger partial charge in [0.15, 0.2) is 6.10 Å². The number of rotatable bonds is 50. The zero-order valence-corrected chi connectivity index (χ0v) is 45.7. The lowest BCUT2D eigenvalue weighted by Crippen LogP contribution is -2.30. The lowest BCUT2D eigenvalue weighted by atomic mass is 10.1. The molecule has 0 aromatic rings. The fourth-order valence-corrected chi connectivity index (χ4v) is 7.33. The Balaban J connectivity index is 4.58. The number of hydrogen-bond acceptors (Lipinski definition) is 6. The van der Waals surface area contributed by atoms with E-state index in [4.69, 9.17) is 14.2 Å². The molecular formula is C65H104O6. The van der Waals surface area contributed by atoms with Gasteiger partial charge in [-0.25, -0.2) is 0 Å². The van der Waals surface area contributed by atoms with Gasteiger partial charge >= 0.3 is 17.9 Å². The lowest BCUT2D eigenvalue weighted by molar-refractivity contribution is -0.166. The lowest BCUT2D eigenvalue weighted by Gasteiger charge is -2.18. The summed E-state index contributed by atoms with van der Waals surface area (Å²) < 4.78 is 16.8. The van der Waals surface area contributed by atoms with Crippen molar-refractivity contribution in [2.45, 2.75) is 245 Å². The molecule has 0 bridgehead atoms. The molecule has 0 aliphatic heterocycles. The van der Waals surface area contributed by atoms with Crippen LogP contribution in [0.4, 0.5) is 0 Å². The van der Waals surface area contributed by atoms with Crippen LogP contribution in [0.15, 0.2) is 134 Å². The zero-order chi connectivity index (χ0) is 51.4. The minimum atomic E-state index is -0.830. The average Bonchev–Trinajstić information content (AvgIpc) is 3.37. The monoisotopic (exact) mass is 981 g/mol. The SMILES string of the molecule is CC/C=C\C/C=C\C/C=C\C/C=C\CCCCCCC(=O)O[C@H](COC(=O)CC/C=C\C/C=C\C/C=C\C/C=C\C/C=C\CCCCC)COC(=O)CCCCCCCCC/C=C\C/C=C\CCCCC. The van der Waals surface area contributed by atoms with Crippen LogP contribution in [-0.2, 0) is 28.6 Å². The van der Waals surface area contributed by atoms with E-state index in [2.05, 4.69) is 148 Å². The van der Waals surface area contributed by atoms with Gasteiger partial charge in [0.25, 0.3) is 0 Å². The highest BCUT2D eigenvalue weighted by atomic mass is 16.6. The molecule has 71 heavy (non-hydrogen) atoms. The number of allylic oxidation sites excluding steroid dienone is 22. The van der Waals surface area contributed by atoms with E-state index >= 15 is 0 Å². The van der Waals surface area contributed by atoms with Gasteiger partial charge in [-0.1, -0.05) is 225 Å². The minimum Gasteiger partial charge on any atom is -0.462 e. The van der Waals surface area contributed by atoms with Crippen molar-refractivity contribution in [1.29, 1.82) is 0 Å². The van der Waals surface area contributed by atoms with Gasteiger partial charge in [-0.3, -0.25) is 14.4 Å². The van der Waals surface area contributed by atoms with Crippen LogP contribution in [0.25, 0.3) is 0 Å². The maximum atomic E-state index is 12.9. The molecule has 0 unspecified atom stereocenters. The molecule has 0 aliphatic carbocycles. The number of esters is 3. The molecule has 0 aromatic carbocycles. The Hall–Kier alpha value is -4.45. The Labute approximate surface area is 436 Å². The summed E-state index contributed by atoms with van der Waals surface area (Å²) >= 11 is 0. The number of unbranched alkanes of at least 4 members (excludes halogenated alkanes) is 17. The average molecular weight is 982 g/mol. The second kappa shape index (κ2) is 58.1. The van der Waals surface area contributed by atoms with Gasteiger partial charge in [-0.15, -0.1) is 0 Å². The van der Waals surface area contributed by atoms with Crippen LogP contribution in [-0.4, -0.2) is 37.2 Å². The Kier molecular flexibility index (Phi) is 54.5. The third-order valence-corrected chi connectivity index (χ3v) is 11.6. The van der Waals surface area contributed by atoms with Crippen molar-refractivity contribution < 1.29 is 28.6 Å². The second-order valence-corrected chi connectivity index (χ2v) is 18.5. The van der Waals surface area contributed by atoms with Gasteiger partial charge in [0.2, 0.25) is 0 Å². The molecule has 0 rings (SSSR count). The minimum absolute atomic E-state index is 0.120. The van der Waals surface area contributed by atoms with Crippen LogP contribution in [0.5, 0.6) is 0 Å². The zero-order valence-electron chi connectivity index (χ0n) is 45.7. The topological polar surface area (TPSA) is 78.9 Å². The predicted molar refractivity (Wildman–Crippen MR) is 306 cm³/mol. The largest absolute Gasteiger partial charge is 0.462 e. The molecular weight excluding hydrogens is 877 g/mol. The summed E-state index contributed by atoms with van der Waals surface area (Å²) in [6.07, 6.45) is 81.6. The predicted octanol–water partition coefficient (Wildman–Crippen LogP) is 19.4. The molecule has 0 radical (unpaired) electrons. The molecule has 6 heteroatoms. The smallest absolute Gasteiger partial charge is 0.306 e. The van der Waals surface area contributed by atoms with E-state index in [9.17, 15) is 14.4 Å². The quantitative estimate of drug-likeness (QED) is 0.0262. The first-order valence-corrected chi connectivity index (χ1v) is 28.7. The van der Waals surface area contributed by atoms with E-state index < -0.39 is 6.10 Å². The first-order chi connectivity index (χ1) is 35.0. The fraction of sp³-hybridized carbons (Fsp3) is 0.615. The summed E-state index contributed by atoms with van der Waals surface area (Å²) in [5, 5.41) is 0. The van der Waals surface area contributed by atoms with Crippen LogP contribution in [0.1, 0.15) is 239 Å². The van der Waals surface area contributed by atoms with Gasteiger partial charge in [-0.05, 0) is 128 Å². The van der Waals surface area contributed by atoms with E-state index in [1.807, 2.05) is 6.08 Å². The molecule has 0 amide bonds. The normalized spacial score (nSPS) is 13.1. The van der Waals surface area contributed by atoms with Crippen LogP contribution < -0.4 is 0 Å². The molecule has 1 atom stereocenters. The molecule has 0 N–H and O–H groups in total. The van der Waals surface area contributed by atoms with Gasteiger partial charge in [-0.2, -0.15) is 0 Å². The van der Waals surface area contributed by atoms with Crippen LogP contribution >= 0.6 is 0 Å². The number of carbonyl (C=O) groups excluding carboxylic acids is 3. The molecule has 400 valence electrons. The molecule has 0 aliphatic rings. The van der Waals surface area contributed by atoms with Gasteiger partial charge in [0, 0.05) is 19.3 Å². The van der Waals surface area contributed by atoms with Crippen LogP contribution in [0.3, 0.4) is 0 Å². The Morgan fingerprint density at radius 2 is 0.577 bits per heavy atom. The molecule has 0 heterocycles. The van der Waals surface area contributed by atoms with E-state index in [1.54, 1.807) is 0 Å². The molecule has 0 spiro atoms. The van der Waals surface area contributed by atoms with E-state index in [0.717, 1.165) is 116 Å². The highest BCUT2D eigenvalue weighted by Gasteiger charge is 2.19. The van der Waals surface area contributed by atoms with Gasteiger partial charge in [0.05, 0.1) is 0 Å². The summed E-state index contributed by atoms with van der Waals surface area (Å²) in [6.45, 7) is 6.37. The first kappa shape index (κ1) is 66.6. The molecule has 0 fully saturated rings. The van der Waals surface area contributed by atoms with Crippen molar-refractivity contribution in [2.75, 3.05) is 13.2 Å². The van der Waals surface area contributed by atoms with Crippen molar-refractivity contribution >= 4 is 17.9 Å². The summed E-state index contributed by atoms with van der Waals surface area (Å²) in [5.74, 6) is -1.04. The highest BCUT2D eigenvalue weighted by molar-refractivity contribution is 5.71. The molecule has 0 saturated carbocycles. The Bertz CT molecular complexity index is 1550. The van der Waals surface area contributed by atoms with Crippen molar-refractivity contribution in [3.63, 3.8) is 0 Å². The number of hydrogen-bond donors (Lipinski definition) is 0. The van der Waals surface area contributed by atoms with Crippen LogP contribution in [0.2, 0.25) is 0 Å². The van der Waals surface area contributed by atoms with Crippen molar-refractivity contribution in [3.8, 4) is 0 Å². The van der Waals surface area contributed by atoms with Gasteiger partial charge < -0.3 is 14.2 Å². The maximum absolute atomic E-state index is 12.9. The van der Waals surface area contributed by atoms with E-state index in [1.165, 1.54) is 77.0 Å². The fourth-order valence-electron chi connectivity index (χ4n) is 7.33. The van der Waals surface area contributed by atoms with Crippen molar-refractivity contribution in [3.05, 3.63) is 134 Å². The Morgan fingerprint density at radius 3 is 0.944 bits per heavy atom. The van der Waals surface area contributed by atoms with Crippen molar-refractivity contribution in [2.24, 2.45) is 0 Å². The number of carbonyl (C=O) groups is 3. The standard InChI is InChI=1S/C65H104O6/c1-4-7-10-13-16-19-22-25-28-31-32-35-37-40-43-46-49-52-55-58-64(67)70-61-62(71-65(68)59-56-53-50-47-44-41-38-34-30-27-24-21-18-15-12-9-6-3)60-69-63(66)57-54-51-48-45-42-39-36-33-29-26-23-20-17-14-11-8-5-2/h9,12,16-21,25-30,32,35,38,40-41,43,49,52,62H,4-8,10-11,13-15,22-24,31,33-34,36-37,39,42,44-48,50-51,53-61H2,1-3H3/b12-9-,19-16-,20-17-,21-18-,28-25-,29-26-,30-27-,35-32-,41-38-,43-40-,52-49-/t62-/m0/s1. The summed E-state index contributed by atoms with van der Waals surface area (Å²) in [4.78, 5) is 38.1. The number of ether oxygens (including phenoxy) is 3. The maximum Gasteiger partial charge on any atom is 0.306 e. The second-order valence-electron chi connectivity index (χ2n) is 18.5. The third-order valence-electron chi connectivity index (χ3n) is 11.6. The highest BCUT2D eigenvalue weighted by Crippen LogP contribution is 2.13. The summed E-state index contributed by atoms with van der Waals surface area (Å²) in [7, 11) is 0. The third kappa shape index (κ3) is 56.3. The van der Waals surface area contributed by atoms with Crippen molar-refractivity contribution in [1.82, 2.24) is 0 Å². The van der Waals surface area contributed by atoms with Gasteiger partial charge in [0.1, 0.15) is 13.2 Å².